The first kappa shape index (κ1) is 16.6. The summed E-state index contributed by atoms with van der Waals surface area (Å²) < 4.78 is 13.3. The van der Waals surface area contributed by atoms with E-state index in [-0.39, 0.29) is 11.7 Å². The van der Waals surface area contributed by atoms with Crippen LogP contribution in [-0.2, 0) is 0 Å². The molecule has 1 fully saturated rings. The number of rotatable bonds is 5. The van der Waals surface area contributed by atoms with E-state index in [0.29, 0.717) is 29.4 Å². The zero-order valence-corrected chi connectivity index (χ0v) is 13.8. The molecule has 1 amide bonds. The highest BCUT2D eigenvalue weighted by Crippen LogP contribution is 2.18. The Balaban J connectivity index is 1.62. The van der Waals surface area contributed by atoms with Crippen molar-refractivity contribution in [2.75, 3.05) is 19.6 Å². The lowest BCUT2D eigenvalue weighted by molar-refractivity contribution is 0.0941. The molecule has 3 rings (SSSR count). The van der Waals surface area contributed by atoms with Crippen molar-refractivity contribution in [2.24, 2.45) is 0 Å². The van der Waals surface area contributed by atoms with Gasteiger partial charge in [-0.25, -0.2) is 4.39 Å². The average Bonchev–Trinajstić information content (AvgIpc) is 3.07. The number of likely N-dealkylation sites (N-methyl/N-ethyl adjacent to an activating group) is 1. The Morgan fingerprint density at radius 3 is 2.96 bits per heavy atom. The summed E-state index contributed by atoms with van der Waals surface area (Å²) in [7, 11) is 0. The van der Waals surface area contributed by atoms with Crippen LogP contribution in [0.25, 0.3) is 11.3 Å². The number of hydrogen-bond donors (Lipinski definition) is 1. The molecule has 0 unspecified atom stereocenters. The first-order chi connectivity index (χ1) is 11.7. The molecule has 2 heterocycles. The highest BCUT2D eigenvalue weighted by molar-refractivity contribution is 5.94. The number of carbonyl (C=O) groups is 1. The van der Waals surface area contributed by atoms with Gasteiger partial charge in [-0.15, -0.1) is 0 Å². The van der Waals surface area contributed by atoms with Gasteiger partial charge in [0.05, 0.1) is 11.3 Å². The third-order valence-corrected chi connectivity index (χ3v) is 4.55. The van der Waals surface area contributed by atoms with E-state index < -0.39 is 0 Å². The van der Waals surface area contributed by atoms with Crippen molar-refractivity contribution in [1.82, 2.24) is 15.2 Å². The summed E-state index contributed by atoms with van der Waals surface area (Å²) in [5.41, 5.74) is 1.88. The number of pyridine rings is 1. The van der Waals surface area contributed by atoms with Gasteiger partial charge in [0, 0.05) is 24.3 Å². The van der Waals surface area contributed by atoms with E-state index in [4.69, 9.17) is 0 Å². The third kappa shape index (κ3) is 3.79. The van der Waals surface area contributed by atoms with E-state index in [1.807, 2.05) is 0 Å². The normalized spacial score (nSPS) is 17.8. The number of likely N-dealkylation sites (tertiary alicyclic amines) is 1. The van der Waals surface area contributed by atoms with E-state index in [0.717, 1.165) is 19.5 Å². The van der Waals surface area contributed by atoms with Crippen LogP contribution in [-0.4, -0.2) is 41.5 Å². The van der Waals surface area contributed by atoms with Crippen LogP contribution in [0, 0.1) is 5.82 Å². The Labute approximate surface area is 141 Å². The SMILES string of the molecule is CCN1CCC[C@@H]1CNC(=O)c1ccc(-c2cccc(F)c2)nc1. The molecular formula is C19H22FN3O. The van der Waals surface area contributed by atoms with E-state index in [2.05, 4.69) is 22.1 Å². The Morgan fingerprint density at radius 1 is 1.38 bits per heavy atom. The van der Waals surface area contributed by atoms with Crippen LogP contribution in [0.15, 0.2) is 42.6 Å². The fraction of sp³-hybridized carbons (Fsp3) is 0.368. The lowest BCUT2D eigenvalue weighted by Gasteiger charge is -2.22. The van der Waals surface area contributed by atoms with Crippen molar-refractivity contribution in [3.63, 3.8) is 0 Å². The van der Waals surface area contributed by atoms with Gasteiger partial charge in [-0.2, -0.15) is 0 Å². The fourth-order valence-electron chi connectivity index (χ4n) is 3.20. The lowest BCUT2D eigenvalue weighted by atomic mass is 10.1. The van der Waals surface area contributed by atoms with Crippen molar-refractivity contribution in [2.45, 2.75) is 25.8 Å². The van der Waals surface area contributed by atoms with Crippen LogP contribution in [0.4, 0.5) is 4.39 Å². The quantitative estimate of drug-likeness (QED) is 0.918. The van der Waals surface area contributed by atoms with Gasteiger partial charge < -0.3 is 5.32 Å². The Bertz CT molecular complexity index is 702. The van der Waals surface area contributed by atoms with Crippen molar-refractivity contribution in [3.8, 4) is 11.3 Å². The number of nitrogens with zero attached hydrogens (tertiary/aromatic N) is 2. The molecule has 1 aromatic carbocycles. The minimum Gasteiger partial charge on any atom is -0.350 e. The van der Waals surface area contributed by atoms with Crippen LogP contribution in [0.2, 0.25) is 0 Å². The second-order valence-electron chi connectivity index (χ2n) is 6.08. The maximum atomic E-state index is 13.3. The highest BCUT2D eigenvalue weighted by Gasteiger charge is 2.23. The van der Waals surface area contributed by atoms with E-state index in [1.54, 1.807) is 30.5 Å². The number of aromatic nitrogens is 1. The molecule has 24 heavy (non-hydrogen) atoms. The topological polar surface area (TPSA) is 45.2 Å². The minimum absolute atomic E-state index is 0.115. The number of carbonyl (C=O) groups excluding carboxylic acids is 1. The van der Waals surface area contributed by atoms with Gasteiger partial charge in [-0.1, -0.05) is 19.1 Å². The van der Waals surface area contributed by atoms with Crippen molar-refractivity contribution < 1.29 is 9.18 Å². The number of amides is 1. The van der Waals surface area contributed by atoms with E-state index in [9.17, 15) is 9.18 Å². The Hall–Kier alpha value is -2.27. The molecule has 1 aliphatic rings. The molecule has 1 atom stereocenters. The molecule has 0 bridgehead atoms. The summed E-state index contributed by atoms with van der Waals surface area (Å²) in [5, 5.41) is 2.99. The molecule has 5 heteroatoms. The second kappa shape index (κ2) is 7.53. The van der Waals surface area contributed by atoms with Crippen molar-refractivity contribution in [1.29, 1.82) is 0 Å². The molecule has 1 N–H and O–H groups in total. The van der Waals surface area contributed by atoms with Gasteiger partial charge in [0.25, 0.3) is 5.91 Å². The van der Waals surface area contributed by atoms with E-state index in [1.165, 1.54) is 18.6 Å². The minimum atomic E-state index is -0.298. The summed E-state index contributed by atoms with van der Waals surface area (Å²) in [6.45, 7) is 4.94. The van der Waals surface area contributed by atoms with Gasteiger partial charge in [-0.05, 0) is 50.2 Å². The van der Waals surface area contributed by atoms with Gasteiger partial charge in [0.15, 0.2) is 0 Å². The van der Waals surface area contributed by atoms with Crippen molar-refractivity contribution >= 4 is 5.91 Å². The molecule has 1 aliphatic heterocycles. The van der Waals surface area contributed by atoms with Crippen LogP contribution in [0.3, 0.4) is 0 Å². The van der Waals surface area contributed by atoms with Gasteiger partial charge in [-0.3, -0.25) is 14.7 Å². The number of benzene rings is 1. The summed E-state index contributed by atoms with van der Waals surface area (Å²) in [6, 6.07) is 10.2. The van der Waals surface area contributed by atoms with Crippen LogP contribution in [0.1, 0.15) is 30.1 Å². The maximum absolute atomic E-state index is 13.3. The molecule has 0 spiro atoms. The molecule has 0 aliphatic carbocycles. The molecule has 1 aromatic heterocycles. The average molecular weight is 327 g/mol. The van der Waals surface area contributed by atoms with Crippen LogP contribution >= 0.6 is 0 Å². The summed E-state index contributed by atoms with van der Waals surface area (Å²) in [6.07, 6.45) is 3.87. The molecule has 0 radical (unpaired) electrons. The molecular weight excluding hydrogens is 305 g/mol. The maximum Gasteiger partial charge on any atom is 0.252 e. The predicted molar refractivity (Wildman–Crippen MR) is 92.2 cm³/mol. The van der Waals surface area contributed by atoms with Gasteiger partial charge >= 0.3 is 0 Å². The monoisotopic (exact) mass is 327 g/mol. The first-order valence-corrected chi connectivity index (χ1v) is 8.41. The zero-order chi connectivity index (χ0) is 16.9. The Kier molecular flexibility index (Phi) is 5.20. The molecule has 1 saturated heterocycles. The van der Waals surface area contributed by atoms with Crippen LogP contribution in [0.5, 0.6) is 0 Å². The fourth-order valence-corrected chi connectivity index (χ4v) is 3.20. The predicted octanol–water partition coefficient (Wildman–Crippen LogP) is 3.10. The summed E-state index contributed by atoms with van der Waals surface area (Å²) in [4.78, 5) is 18.9. The highest BCUT2D eigenvalue weighted by atomic mass is 19.1. The molecule has 4 nitrogen and oxygen atoms in total. The lowest BCUT2D eigenvalue weighted by Crippen LogP contribution is -2.40. The summed E-state index contributed by atoms with van der Waals surface area (Å²) >= 11 is 0. The van der Waals surface area contributed by atoms with E-state index >= 15 is 0 Å². The molecule has 126 valence electrons. The first-order valence-electron chi connectivity index (χ1n) is 8.41. The van der Waals surface area contributed by atoms with Crippen molar-refractivity contribution in [3.05, 3.63) is 54.0 Å². The third-order valence-electron chi connectivity index (χ3n) is 4.55. The standard InChI is InChI=1S/C19H22FN3O/c1-2-23-10-4-7-17(23)13-22-19(24)15-8-9-18(21-12-15)14-5-3-6-16(20)11-14/h3,5-6,8-9,11-12,17H,2,4,7,10,13H2,1H3,(H,22,24)/t17-/m1/s1. The smallest absolute Gasteiger partial charge is 0.252 e. The summed E-state index contributed by atoms with van der Waals surface area (Å²) in [5.74, 6) is -0.413. The number of halogens is 1. The zero-order valence-electron chi connectivity index (χ0n) is 13.8. The van der Waals surface area contributed by atoms with Crippen LogP contribution < -0.4 is 5.32 Å². The number of nitrogens with one attached hydrogen (secondary N) is 1. The Morgan fingerprint density at radius 2 is 2.25 bits per heavy atom. The molecule has 0 saturated carbocycles. The number of hydrogen-bond acceptors (Lipinski definition) is 3. The largest absolute Gasteiger partial charge is 0.350 e. The van der Waals surface area contributed by atoms with Gasteiger partial charge in [0.2, 0.25) is 0 Å². The second-order valence-corrected chi connectivity index (χ2v) is 6.08. The molecule has 2 aromatic rings. The van der Waals surface area contributed by atoms with Gasteiger partial charge in [0.1, 0.15) is 5.82 Å².